The van der Waals surface area contributed by atoms with Crippen LogP contribution in [0.3, 0.4) is 0 Å². The Morgan fingerprint density at radius 3 is 2.33 bits per heavy atom. The number of carbonyl (C=O) groups is 1. The lowest BCUT2D eigenvalue weighted by Gasteiger charge is -2.29. The Kier molecular flexibility index (Phi) is 5.40. The van der Waals surface area contributed by atoms with E-state index in [0.717, 1.165) is 12.0 Å². The topological polar surface area (TPSA) is 20.3 Å². The monoisotopic (exact) mass is 301 g/mol. The molecule has 0 spiro atoms. The lowest BCUT2D eigenvalue weighted by molar-refractivity contribution is -0.131. The molecule has 0 saturated carbocycles. The lowest BCUT2D eigenvalue weighted by Crippen LogP contribution is -2.37. The molecule has 0 aromatic heterocycles. The minimum absolute atomic E-state index is 0.0679. The van der Waals surface area contributed by atoms with Gasteiger partial charge in [-0.25, -0.2) is 0 Å². The Bertz CT molecular complexity index is 597. The molecule has 0 N–H and O–H groups in total. The quantitative estimate of drug-likeness (QED) is 0.805. The van der Waals surface area contributed by atoms with E-state index in [-0.39, 0.29) is 11.9 Å². The van der Waals surface area contributed by atoms with Gasteiger partial charge >= 0.3 is 0 Å². The standard InChI is InChI=1S/C18H20ClNO/c1-14(12-16-8-4-3-5-9-16)20(15(2)21)13-17-10-6-7-11-18(17)19/h3-11,14H,12-13H2,1-2H3. The largest absolute Gasteiger partial charge is 0.336 e. The van der Waals surface area contributed by atoms with Crippen molar-refractivity contribution in [3.05, 3.63) is 70.7 Å². The summed E-state index contributed by atoms with van der Waals surface area (Å²) in [4.78, 5) is 13.8. The third-order valence-electron chi connectivity index (χ3n) is 3.61. The van der Waals surface area contributed by atoms with Gasteiger partial charge in [-0.3, -0.25) is 4.79 Å². The fourth-order valence-corrected chi connectivity index (χ4v) is 2.65. The summed E-state index contributed by atoms with van der Waals surface area (Å²) < 4.78 is 0. The highest BCUT2D eigenvalue weighted by Gasteiger charge is 2.18. The molecule has 21 heavy (non-hydrogen) atoms. The van der Waals surface area contributed by atoms with Crippen LogP contribution >= 0.6 is 11.6 Å². The number of hydrogen-bond acceptors (Lipinski definition) is 1. The minimum Gasteiger partial charge on any atom is -0.336 e. The molecule has 0 radical (unpaired) electrons. The average Bonchev–Trinajstić information content (AvgIpc) is 2.47. The molecule has 1 unspecified atom stereocenters. The number of benzene rings is 2. The van der Waals surface area contributed by atoms with Gasteiger partial charge in [-0.05, 0) is 30.5 Å². The summed E-state index contributed by atoms with van der Waals surface area (Å²) in [6.07, 6.45) is 0.838. The van der Waals surface area contributed by atoms with Gasteiger partial charge in [0.15, 0.2) is 0 Å². The number of amides is 1. The van der Waals surface area contributed by atoms with E-state index in [0.29, 0.717) is 11.6 Å². The molecule has 0 aliphatic rings. The summed E-state index contributed by atoms with van der Waals surface area (Å²) in [5, 5.41) is 0.704. The van der Waals surface area contributed by atoms with Crippen molar-refractivity contribution >= 4 is 17.5 Å². The Morgan fingerprint density at radius 1 is 1.10 bits per heavy atom. The molecule has 2 aromatic rings. The predicted molar refractivity (Wildman–Crippen MR) is 87.3 cm³/mol. The second kappa shape index (κ2) is 7.28. The van der Waals surface area contributed by atoms with Crippen LogP contribution in [0.2, 0.25) is 5.02 Å². The number of halogens is 1. The van der Waals surface area contributed by atoms with Gasteiger partial charge in [0.25, 0.3) is 0 Å². The molecule has 2 aromatic carbocycles. The summed E-state index contributed by atoms with van der Waals surface area (Å²) in [5.74, 6) is 0.0679. The van der Waals surface area contributed by atoms with Crippen molar-refractivity contribution in [2.24, 2.45) is 0 Å². The number of rotatable bonds is 5. The number of hydrogen-bond donors (Lipinski definition) is 0. The normalized spacial score (nSPS) is 12.0. The summed E-state index contributed by atoms with van der Waals surface area (Å²) in [7, 11) is 0. The number of nitrogens with zero attached hydrogens (tertiary/aromatic N) is 1. The third-order valence-corrected chi connectivity index (χ3v) is 3.98. The van der Waals surface area contributed by atoms with E-state index in [4.69, 9.17) is 11.6 Å². The van der Waals surface area contributed by atoms with Crippen LogP contribution < -0.4 is 0 Å². The van der Waals surface area contributed by atoms with Crippen molar-refractivity contribution < 1.29 is 4.79 Å². The molecule has 2 nitrogen and oxygen atoms in total. The molecule has 0 bridgehead atoms. The first-order chi connectivity index (χ1) is 10.1. The SMILES string of the molecule is CC(=O)N(Cc1ccccc1Cl)C(C)Cc1ccccc1. The molecule has 110 valence electrons. The molecule has 0 fully saturated rings. The molecular weight excluding hydrogens is 282 g/mol. The van der Waals surface area contributed by atoms with Gasteiger partial charge in [0, 0.05) is 24.5 Å². The smallest absolute Gasteiger partial charge is 0.219 e. The molecule has 1 atom stereocenters. The average molecular weight is 302 g/mol. The van der Waals surface area contributed by atoms with Crippen molar-refractivity contribution in [2.75, 3.05) is 0 Å². The van der Waals surface area contributed by atoms with E-state index in [1.807, 2.05) is 47.4 Å². The minimum atomic E-state index is 0.0679. The second-order valence-electron chi connectivity index (χ2n) is 5.28. The fourth-order valence-electron chi connectivity index (χ4n) is 2.45. The van der Waals surface area contributed by atoms with Crippen molar-refractivity contribution in [3.8, 4) is 0 Å². The maximum absolute atomic E-state index is 12.0. The molecule has 0 aliphatic carbocycles. The lowest BCUT2D eigenvalue weighted by atomic mass is 10.0. The third kappa shape index (κ3) is 4.33. The van der Waals surface area contributed by atoms with Gasteiger partial charge in [-0.15, -0.1) is 0 Å². The van der Waals surface area contributed by atoms with Gasteiger partial charge in [0.2, 0.25) is 5.91 Å². The number of carbonyl (C=O) groups excluding carboxylic acids is 1. The van der Waals surface area contributed by atoms with Crippen LogP contribution in [-0.2, 0) is 17.8 Å². The molecule has 3 heteroatoms. The van der Waals surface area contributed by atoms with Crippen LogP contribution in [0.5, 0.6) is 0 Å². The first-order valence-corrected chi connectivity index (χ1v) is 7.50. The Labute approximate surface area is 131 Å². The van der Waals surface area contributed by atoms with E-state index in [1.54, 1.807) is 6.92 Å². The maximum atomic E-state index is 12.0. The van der Waals surface area contributed by atoms with Gasteiger partial charge in [0.1, 0.15) is 0 Å². The zero-order valence-corrected chi connectivity index (χ0v) is 13.2. The van der Waals surface area contributed by atoms with Gasteiger partial charge in [-0.1, -0.05) is 60.1 Å². The van der Waals surface area contributed by atoms with E-state index >= 15 is 0 Å². The van der Waals surface area contributed by atoms with Crippen LogP contribution in [0.15, 0.2) is 54.6 Å². The summed E-state index contributed by atoms with van der Waals surface area (Å²) >= 11 is 6.20. The van der Waals surface area contributed by atoms with Crippen LogP contribution in [0.1, 0.15) is 25.0 Å². The predicted octanol–water partition coefficient (Wildman–Crippen LogP) is 4.32. The van der Waals surface area contributed by atoms with Crippen molar-refractivity contribution in [3.63, 3.8) is 0 Å². The van der Waals surface area contributed by atoms with Crippen LogP contribution in [0, 0.1) is 0 Å². The first kappa shape index (κ1) is 15.6. The zero-order chi connectivity index (χ0) is 15.2. The summed E-state index contributed by atoms with van der Waals surface area (Å²) in [6.45, 7) is 4.23. The van der Waals surface area contributed by atoms with Gasteiger partial charge < -0.3 is 4.90 Å². The van der Waals surface area contributed by atoms with E-state index in [1.165, 1.54) is 5.56 Å². The molecule has 0 aliphatic heterocycles. The highest BCUT2D eigenvalue weighted by molar-refractivity contribution is 6.31. The van der Waals surface area contributed by atoms with Gasteiger partial charge in [0.05, 0.1) is 0 Å². The van der Waals surface area contributed by atoms with Crippen molar-refractivity contribution in [2.45, 2.75) is 32.9 Å². The van der Waals surface area contributed by atoms with Crippen LogP contribution in [0.4, 0.5) is 0 Å². The maximum Gasteiger partial charge on any atom is 0.219 e. The molecule has 0 saturated heterocycles. The Morgan fingerprint density at radius 2 is 1.71 bits per heavy atom. The Balaban J connectivity index is 2.12. The Hall–Kier alpha value is -1.80. The summed E-state index contributed by atoms with van der Waals surface area (Å²) in [5.41, 5.74) is 2.21. The molecule has 0 heterocycles. The molecule has 2 rings (SSSR count). The molecule has 1 amide bonds. The highest BCUT2D eigenvalue weighted by atomic mass is 35.5. The first-order valence-electron chi connectivity index (χ1n) is 7.12. The molecular formula is C18H20ClNO. The van der Waals surface area contributed by atoms with Crippen molar-refractivity contribution in [1.29, 1.82) is 0 Å². The summed E-state index contributed by atoms with van der Waals surface area (Å²) in [6, 6.07) is 18.0. The fraction of sp³-hybridized carbons (Fsp3) is 0.278. The van der Waals surface area contributed by atoms with Gasteiger partial charge in [-0.2, -0.15) is 0 Å². The van der Waals surface area contributed by atoms with Crippen LogP contribution in [0.25, 0.3) is 0 Å². The van der Waals surface area contributed by atoms with E-state index in [2.05, 4.69) is 19.1 Å². The second-order valence-corrected chi connectivity index (χ2v) is 5.68. The van der Waals surface area contributed by atoms with Crippen molar-refractivity contribution in [1.82, 2.24) is 4.90 Å². The van der Waals surface area contributed by atoms with Crippen LogP contribution in [-0.4, -0.2) is 16.8 Å². The zero-order valence-electron chi connectivity index (χ0n) is 12.4. The highest BCUT2D eigenvalue weighted by Crippen LogP contribution is 2.19. The van der Waals surface area contributed by atoms with E-state index in [9.17, 15) is 4.79 Å². The van der Waals surface area contributed by atoms with E-state index < -0.39 is 0 Å².